The molecule has 124 heavy (non-hydrogen) atoms. The molecule has 2 aliphatic heterocycles. The van der Waals surface area contributed by atoms with Crippen LogP contribution in [0.1, 0.15) is 217 Å². The molecular formula is C83H129N23O18. The lowest BCUT2D eigenvalue weighted by Crippen LogP contribution is -2.62. The van der Waals surface area contributed by atoms with Gasteiger partial charge >= 0.3 is 0 Å². The number of aromatic nitrogens is 5. The number of unbranched alkanes of at least 4 members (excludes halogenated alkanes) is 13. The Kier molecular flexibility index (Phi) is 44.7. The first kappa shape index (κ1) is 101. The molecule has 4 heterocycles. The highest BCUT2D eigenvalue weighted by molar-refractivity contribution is 6.00. The Morgan fingerprint density at radius 1 is 0.613 bits per heavy atom. The number of nitrogens with zero attached hydrogens (tertiary/aromatic N) is 5. The van der Waals surface area contributed by atoms with E-state index < -0.39 is 213 Å². The van der Waals surface area contributed by atoms with E-state index in [2.05, 4.69) is 89.1 Å². The molecular weight excluding hydrogens is 1610 g/mol. The molecule has 41 heteroatoms. The number of H-pyrrole nitrogens is 2. The first-order valence-corrected chi connectivity index (χ1v) is 43.2. The van der Waals surface area contributed by atoms with Crippen molar-refractivity contribution < 1.29 is 87.2 Å². The van der Waals surface area contributed by atoms with Crippen LogP contribution in [0.15, 0.2) is 65.8 Å². The van der Waals surface area contributed by atoms with E-state index >= 15 is 4.79 Å². The lowest BCUT2D eigenvalue weighted by molar-refractivity contribution is -0.143. The number of hydrogen-bond donors (Lipinski definition) is 21. The number of hydrogen-bond acceptors (Lipinski definition) is 23. The molecule has 0 radical (unpaired) electrons. The van der Waals surface area contributed by atoms with E-state index in [1.54, 1.807) is 49.5 Å². The number of rotatable bonds is 47. The lowest BCUT2D eigenvalue weighted by atomic mass is 10.00. The summed E-state index contributed by atoms with van der Waals surface area (Å²) in [6, 6.07) is -1.79. The summed E-state index contributed by atoms with van der Waals surface area (Å²) in [5, 5.41) is 75.2. The highest BCUT2D eigenvalue weighted by atomic mass is 16.3. The Morgan fingerprint density at radius 3 is 1.85 bits per heavy atom. The molecule has 0 spiro atoms. The molecule has 2 fully saturated rings. The number of nitrogens with one attached hydrogen (secondary N) is 13. The number of nitrogens with two attached hydrogens (primary N) is 5. The fraction of sp³-hybridized carbons (Fsp3) is 0.627. The molecule has 6 rings (SSSR count). The summed E-state index contributed by atoms with van der Waals surface area (Å²) in [7, 11) is 0. The first-order valence-electron chi connectivity index (χ1n) is 43.2. The number of aliphatic hydroxyl groups is 3. The van der Waals surface area contributed by atoms with Crippen LogP contribution in [0.2, 0.25) is 0 Å². The number of ketones is 1. The molecule has 2 aliphatic rings. The Balaban J connectivity index is 1.12. The number of primary amides is 2. The Morgan fingerprint density at radius 2 is 1.21 bits per heavy atom. The molecule has 0 saturated carbocycles. The van der Waals surface area contributed by atoms with Gasteiger partial charge in [-0.2, -0.15) is 5.21 Å². The molecule has 684 valence electrons. The summed E-state index contributed by atoms with van der Waals surface area (Å²) in [6.45, 7) is 0.0610. The SMILES string of the molecule is CCCC[C@H](NC(=O)[C@H](CO)NC(=O)[C@H](CN)NC(=O)[C@H](CCC(N)=O)NC(=O)[C@@H](NC(=O)CNC(=O)CCCCCCCCCCCCCCCc1nn[nH]n1)[C@@H](C)O)C(=O)N[C@H]1CCC(=O)CCCCC[C@@H](C(N)=O)NC(=O)[C@H](Cc2c[nH]c3ccccc23)NC(=O)[C@H](CCCN=C(N)N)NC(=O)[C@@H](Cc2ccccc2)NC(=O)[C@@H]2C[C@@H](O)CN2C1=O. The Hall–Kier alpha value is -11.6. The summed E-state index contributed by atoms with van der Waals surface area (Å²) in [4.78, 5) is 218. The third kappa shape index (κ3) is 36.1. The van der Waals surface area contributed by atoms with Gasteiger partial charge in [-0.25, -0.2) is 0 Å². The minimum absolute atomic E-state index is 0.00453. The maximum atomic E-state index is 15.3. The smallest absolute Gasteiger partial charge is 0.245 e. The van der Waals surface area contributed by atoms with E-state index in [4.69, 9.17) is 28.7 Å². The minimum Gasteiger partial charge on any atom is -0.394 e. The van der Waals surface area contributed by atoms with Crippen molar-refractivity contribution in [2.24, 2.45) is 33.7 Å². The van der Waals surface area contributed by atoms with Crippen LogP contribution >= 0.6 is 0 Å². The number of aryl methyl sites for hydroxylation is 1. The van der Waals surface area contributed by atoms with E-state index in [0.717, 1.165) is 73.0 Å². The number of tetrazole rings is 1. The summed E-state index contributed by atoms with van der Waals surface area (Å²) in [5.41, 5.74) is 30.4. The van der Waals surface area contributed by atoms with Crippen molar-refractivity contribution in [1.82, 2.24) is 89.0 Å². The minimum atomic E-state index is -1.89. The van der Waals surface area contributed by atoms with Crippen molar-refractivity contribution in [1.29, 1.82) is 0 Å². The van der Waals surface area contributed by atoms with E-state index in [1.165, 1.54) is 39.0 Å². The van der Waals surface area contributed by atoms with E-state index in [-0.39, 0.29) is 96.0 Å². The van der Waals surface area contributed by atoms with Crippen LogP contribution in [0, 0.1) is 0 Å². The maximum absolute atomic E-state index is 15.3. The molecule has 2 saturated heterocycles. The molecule has 13 atom stereocenters. The predicted molar refractivity (Wildman–Crippen MR) is 455 cm³/mol. The molecule has 2 aromatic heterocycles. The number of aliphatic imine (C=N–C) groups is 1. The van der Waals surface area contributed by atoms with E-state index in [1.807, 2.05) is 18.2 Å². The summed E-state index contributed by atoms with van der Waals surface area (Å²) >= 11 is 0. The lowest BCUT2D eigenvalue weighted by Gasteiger charge is -2.31. The zero-order chi connectivity index (χ0) is 90.5. The largest absolute Gasteiger partial charge is 0.394 e. The van der Waals surface area contributed by atoms with Gasteiger partial charge in [-0.05, 0) is 81.9 Å². The molecule has 26 N–H and O–H groups in total. The number of benzene rings is 2. The van der Waals surface area contributed by atoms with Crippen LogP contribution in [0.4, 0.5) is 0 Å². The third-order valence-corrected chi connectivity index (χ3v) is 21.7. The number of guanidine groups is 1. The summed E-state index contributed by atoms with van der Waals surface area (Å²) in [6.07, 6.45) is 12.2. The second kappa shape index (κ2) is 54.8. The third-order valence-electron chi connectivity index (χ3n) is 21.7. The van der Waals surface area contributed by atoms with Crippen molar-refractivity contribution in [2.45, 2.75) is 298 Å². The van der Waals surface area contributed by atoms with Gasteiger partial charge < -0.3 is 112 Å². The predicted octanol–water partition coefficient (Wildman–Crippen LogP) is -2.26. The average molecular weight is 1740 g/mol. The van der Waals surface area contributed by atoms with Gasteiger partial charge in [-0.1, -0.05) is 157 Å². The number of aromatic amines is 2. The fourth-order valence-electron chi connectivity index (χ4n) is 14.7. The van der Waals surface area contributed by atoms with Gasteiger partial charge in [-0.15, -0.1) is 10.2 Å². The van der Waals surface area contributed by atoms with Crippen LogP contribution in [0.3, 0.4) is 0 Å². The van der Waals surface area contributed by atoms with Gasteiger partial charge in [0.1, 0.15) is 72.2 Å². The maximum Gasteiger partial charge on any atom is 0.245 e. The molecule has 4 aromatic rings. The normalized spacial score (nSPS) is 19.8. The van der Waals surface area contributed by atoms with Crippen molar-refractivity contribution in [3.63, 3.8) is 0 Å². The first-order chi connectivity index (χ1) is 59.5. The van der Waals surface area contributed by atoms with Gasteiger partial charge in [-0.3, -0.25) is 76.9 Å². The van der Waals surface area contributed by atoms with Crippen molar-refractivity contribution in [2.75, 3.05) is 32.8 Å². The van der Waals surface area contributed by atoms with Crippen LogP contribution in [-0.2, 0) is 91.2 Å². The second-order valence-corrected chi connectivity index (χ2v) is 31.8. The van der Waals surface area contributed by atoms with Crippen molar-refractivity contribution >= 4 is 105 Å². The van der Waals surface area contributed by atoms with Crippen molar-refractivity contribution in [3.05, 3.63) is 77.7 Å². The highest BCUT2D eigenvalue weighted by Gasteiger charge is 2.44. The van der Waals surface area contributed by atoms with Gasteiger partial charge in [0.2, 0.25) is 82.7 Å². The van der Waals surface area contributed by atoms with Gasteiger partial charge in [0, 0.05) is 88.1 Å². The van der Waals surface area contributed by atoms with E-state index in [0.29, 0.717) is 30.4 Å². The second-order valence-electron chi connectivity index (χ2n) is 31.8. The van der Waals surface area contributed by atoms with Crippen LogP contribution < -0.4 is 87.2 Å². The average Bonchev–Trinajstić information content (AvgIpc) is 1.62. The molecule has 41 nitrogen and oxygen atoms in total. The number of carbonyl (C=O) groups excluding carboxylic acids is 15. The fourth-order valence-corrected chi connectivity index (χ4v) is 14.7. The topological polar surface area (TPSA) is 665 Å². The zero-order valence-corrected chi connectivity index (χ0v) is 71.0. The van der Waals surface area contributed by atoms with Crippen LogP contribution in [0.5, 0.6) is 0 Å². The zero-order valence-electron chi connectivity index (χ0n) is 71.0. The molecule has 2 aromatic carbocycles. The number of aliphatic hydroxyl groups excluding tert-OH is 3. The summed E-state index contributed by atoms with van der Waals surface area (Å²) in [5.74, 6) is -13.1. The number of amides is 14. The standard InChI is InChI=1S/C83H129N23O18/c1-3-4-31-58(94-79(121)65(49-107)100-78(120)64(45-84)99-75(117)60(39-40-67(85)111)95-81(123)71(50(2)108)101-70(113)47-91-69(112)36-23-15-13-11-9-7-5-6-8-10-12-14-22-35-68-102-104-105-103-68)73(115)96-61-38-37-53(109)29-20-17-21-33-57(72(86)114)92-77(119)63(43-52-46-90-56-32-25-24-30-55(52)56)97-74(116)59(34-26-41-89-83(87)88)93-76(118)62(42-51-27-18-16-19-28-51)98-80(122)66-44-54(110)48-106(66)82(61)124/h16,18-19,24-25,27-28,30,32,46,50,54,57-66,71,90,107-108,110H,3-15,17,20-23,26,29,31,33-45,47-49,84H2,1-2H3,(H2,85,111)(H2,86,114)(H,91,112)(H,92,119)(H,93,118)(H,94,121)(H,95,123)(H,96,115)(H,97,116)(H,98,122)(H,99,117)(H,100,120)(H,101,113)(H4,87,88,89)(H,102,103,104,105)/t50-,54-,57+,58+,59+,60+,61+,62-,63+,64+,65+,66+,71+/m1/s1. The van der Waals surface area contributed by atoms with Crippen molar-refractivity contribution in [3.8, 4) is 0 Å². The number of Topliss-reactive ketones (excluding diaryl/α,β-unsaturated/α-hetero) is 1. The number of carbonyl (C=O) groups is 15. The monoisotopic (exact) mass is 1740 g/mol. The summed E-state index contributed by atoms with van der Waals surface area (Å²) < 4.78 is 0. The Labute approximate surface area is 720 Å². The van der Waals surface area contributed by atoms with Gasteiger partial charge in [0.15, 0.2) is 11.8 Å². The van der Waals surface area contributed by atoms with Crippen LogP contribution in [0.25, 0.3) is 10.9 Å². The quantitative estimate of drug-likeness (QED) is 0.0126. The molecule has 0 bridgehead atoms. The van der Waals surface area contributed by atoms with Crippen LogP contribution in [-0.4, -0.2) is 252 Å². The molecule has 0 unspecified atom stereocenters. The van der Waals surface area contributed by atoms with Gasteiger partial charge in [0.05, 0.1) is 25.4 Å². The van der Waals surface area contributed by atoms with E-state index in [9.17, 15) is 82.4 Å². The van der Waals surface area contributed by atoms with Gasteiger partial charge in [0.25, 0.3) is 0 Å². The molecule has 0 aliphatic carbocycles. The number of fused-ring (bicyclic) bond motifs is 2. The number of para-hydroxylation sites is 1. The Bertz CT molecular complexity index is 4150. The molecule has 14 amide bonds. The highest BCUT2D eigenvalue weighted by Crippen LogP contribution is 2.25.